The van der Waals surface area contributed by atoms with Gasteiger partial charge in [0, 0.05) is 13.1 Å². The summed E-state index contributed by atoms with van der Waals surface area (Å²) in [7, 11) is 1.30. The second-order valence-corrected chi connectivity index (χ2v) is 2.89. The van der Waals surface area contributed by atoms with Gasteiger partial charge in [0.2, 0.25) is 0 Å². The second-order valence-electron chi connectivity index (χ2n) is 2.89. The highest BCUT2D eigenvalue weighted by atomic mass is 19.4. The van der Waals surface area contributed by atoms with Gasteiger partial charge in [0.25, 0.3) is 0 Å². The maximum Gasteiger partial charge on any atom is 0.406 e. The van der Waals surface area contributed by atoms with E-state index in [2.05, 4.69) is 5.32 Å². The Hall–Kier alpha value is -0.940. The number of urea groups is 1. The number of hydrogen-bond acceptors (Lipinski definition) is 1. The molecule has 0 bridgehead atoms. The molecule has 0 saturated heterocycles. The van der Waals surface area contributed by atoms with Gasteiger partial charge in [-0.15, -0.1) is 0 Å². The Bertz CT molecular complexity index is 179. The van der Waals surface area contributed by atoms with Crippen molar-refractivity contribution in [2.24, 2.45) is 0 Å². The number of nitrogens with zero attached hydrogens (tertiary/aromatic N) is 1. The molecule has 0 aromatic rings. The van der Waals surface area contributed by atoms with Crippen LogP contribution in [0.15, 0.2) is 0 Å². The van der Waals surface area contributed by atoms with E-state index in [1.807, 2.05) is 0 Å². The summed E-state index contributed by atoms with van der Waals surface area (Å²) in [5.41, 5.74) is 0. The van der Waals surface area contributed by atoms with Gasteiger partial charge in [-0.2, -0.15) is 13.2 Å². The molecule has 0 heterocycles. The molecule has 3 nitrogen and oxygen atoms in total. The Balaban J connectivity index is 4.36. The minimum Gasteiger partial charge on any atom is -0.341 e. The zero-order valence-electron chi connectivity index (χ0n) is 7.77. The van der Waals surface area contributed by atoms with Crippen molar-refractivity contribution in [3.63, 3.8) is 0 Å². The third-order valence-corrected chi connectivity index (χ3v) is 1.45. The monoisotopic (exact) mass is 198 g/mol. The number of nitrogens with one attached hydrogen (secondary N) is 1. The van der Waals surface area contributed by atoms with E-state index < -0.39 is 24.8 Å². The Kier molecular flexibility index (Phi) is 4.03. The maximum atomic E-state index is 11.9. The van der Waals surface area contributed by atoms with Crippen LogP contribution in [0.4, 0.5) is 18.0 Å². The van der Waals surface area contributed by atoms with E-state index in [1.54, 1.807) is 0 Å². The van der Waals surface area contributed by atoms with Gasteiger partial charge in [-0.1, -0.05) is 0 Å². The van der Waals surface area contributed by atoms with Crippen molar-refractivity contribution in [3.05, 3.63) is 0 Å². The lowest BCUT2D eigenvalue weighted by molar-refractivity contribution is -0.142. The van der Waals surface area contributed by atoms with Gasteiger partial charge >= 0.3 is 12.2 Å². The molecule has 0 saturated carbocycles. The molecule has 78 valence electrons. The highest BCUT2D eigenvalue weighted by molar-refractivity contribution is 5.74. The first-order chi connectivity index (χ1) is 5.78. The fourth-order valence-electron chi connectivity index (χ4n) is 0.826. The van der Waals surface area contributed by atoms with E-state index in [1.165, 1.54) is 20.9 Å². The van der Waals surface area contributed by atoms with Crippen LogP contribution in [0.1, 0.15) is 13.8 Å². The molecule has 0 aromatic heterocycles. The summed E-state index contributed by atoms with van der Waals surface area (Å²) in [5, 5.41) is 2.16. The van der Waals surface area contributed by atoms with E-state index >= 15 is 0 Å². The molecule has 0 aliphatic heterocycles. The number of hydrogen-bond donors (Lipinski definition) is 1. The van der Waals surface area contributed by atoms with Crippen molar-refractivity contribution in [2.45, 2.75) is 26.1 Å². The number of amides is 2. The fourth-order valence-corrected chi connectivity index (χ4v) is 0.826. The molecule has 13 heavy (non-hydrogen) atoms. The Morgan fingerprint density at radius 3 is 2.15 bits per heavy atom. The summed E-state index contributed by atoms with van der Waals surface area (Å²) in [6, 6.07) is -1.19. The largest absolute Gasteiger partial charge is 0.406 e. The zero-order valence-corrected chi connectivity index (χ0v) is 7.77. The van der Waals surface area contributed by atoms with Gasteiger partial charge in [-0.3, -0.25) is 0 Å². The normalized spacial score (nSPS) is 11.6. The van der Waals surface area contributed by atoms with Crippen LogP contribution in [-0.4, -0.2) is 36.7 Å². The Labute approximate surface area is 74.9 Å². The molecule has 0 rings (SSSR count). The Morgan fingerprint density at radius 2 is 1.92 bits per heavy atom. The lowest BCUT2D eigenvalue weighted by Crippen LogP contribution is -2.47. The average molecular weight is 198 g/mol. The van der Waals surface area contributed by atoms with E-state index in [0.29, 0.717) is 0 Å². The van der Waals surface area contributed by atoms with Gasteiger partial charge in [-0.25, -0.2) is 4.79 Å². The smallest absolute Gasteiger partial charge is 0.341 e. The third kappa shape index (κ3) is 4.59. The van der Waals surface area contributed by atoms with E-state index in [9.17, 15) is 18.0 Å². The summed E-state index contributed by atoms with van der Waals surface area (Å²) >= 11 is 0. The minimum absolute atomic E-state index is 0.471. The fraction of sp³-hybridized carbons (Fsp3) is 0.857. The third-order valence-electron chi connectivity index (χ3n) is 1.45. The standard InChI is InChI=1S/C7H13F3N2O/c1-5(2)12(6(13)11-3)4-7(8,9)10/h5H,4H2,1-3H3,(H,11,13). The molecule has 0 aromatic carbocycles. The number of alkyl halides is 3. The molecular weight excluding hydrogens is 185 g/mol. The molecule has 6 heteroatoms. The molecule has 2 amide bonds. The molecule has 0 spiro atoms. The van der Waals surface area contributed by atoms with Crippen LogP contribution in [-0.2, 0) is 0 Å². The lowest BCUT2D eigenvalue weighted by Gasteiger charge is -2.26. The van der Waals surface area contributed by atoms with Crippen LogP contribution in [0.25, 0.3) is 0 Å². The molecule has 1 N–H and O–H groups in total. The highest BCUT2D eigenvalue weighted by Gasteiger charge is 2.33. The number of carbonyl (C=O) groups excluding carboxylic acids is 1. The molecule has 0 fully saturated rings. The molecule has 0 radical (unpaired) electrons. The van der Waals surface area contributed by atoms with Gasteiger partial charge in [0.1, 0.15) is 6.54 Å². The molecule has 0 unspecified atom stereocenters. The van der Waals surface area contributed by atoms with Gasteiger partial charge < -0.3 is 10.2 Å². The van der Waals surface area contributed by atoms with E-state index in [0.717, 1.165) is 4.90 Å². The molecule has 0 atom stereocenters. The molecular formula is C7H13F3N2O. The van der Waals surface area contributed by atoms with Crippen molar-refractivity contribution in [2.75, 3.05) is 13.6 Å². The van der Waals surface area contributed by atoms with Crippen molar-refractivity contribution < 1.29 is 18.0 Å². The number of carbonyl (C=O) groups is 1. The number of halogens is 3. The lowest BCUT2D eigenvalue weighted by atomic mass is 10.3. The Morgan fingerprint density at radius 1 is 1.46 bits per heavy atom. The summed E-state index contributed by atoms with van der Waals surface area (Å²) < 4.78 is 35.8. The van der Waals surface area contributed by atoms with E-state index in [4.69, 9.17) is 0 Å². The molecule has 0 aliphatic rings. The maximum absolute atomic E-state index is 11.9. The van der Waals surface area contributed by atoms with Crippen molar-refractivity contribution in [1.29, 1.82) is 0 Å². The topological polar surface area (TPSA) is 32.3 Å². The number of rotatable bonds is 2. The summed E-state index contributed by atoms with van der Waals surface area (Å²) in [5.74, 6) is 0. The summed E-state index contributed by atoms with van der Waals surface area (Å²) in [6.45, 7) is 1.84. The van der Waals surface area contributed by atoms with Gasteiger partial charge in [0.05, 0.1) is 0 Å². The quantitative estimate of drug-likeness (QED) is 0.718. The SMILES string of the molecule is CNC(=O)N(CC(F)(F)F)C(C)C. The first kappa shape index (κ1) is 12.1. The van der Waals surface area contributed by atoms with Gasteiger partial charge in [-0.05, 0) is 13.8 Å². The van der Waals surface area contributed by atoms with Crippen LogP contribution >= 0.6 is 0 Å². The van der Waals surface area contributed by atoms with Crippen molar-refractivity contribution >= 4 is 6.03 Å². The van der Waals surface area contributed by atoms with Crippen LogP contribution in [0.3, 0.4) is 0 Å². The minimum atomic E-state index is -4.35. The van der Waals surface area contributed by atoms with Crippen molar-refractivity contribution in [3.8, 4) is 0 Å². The highest BCUT2D eigenvalue weighted by Crippen LogP contribution is 2.17. The van der Waals surface area contributed by atoms with Crippen LogP contribution in [0.2, 0.25) is 0 Å². The van der Waals surface area contributed by atoms with Crippen LogP contribution < -0.4 is 5.32 Å². The first-order valence-electron chi connectivity index (χ1n) is 3.83. The predicted octanol–water partition coefficient (Wildman–Crippen LogP) is 1.60. The summed E-state index contributed by atoms with van der Waals surface area (Å²) in [4.78, 5) is 11.7. The van der Waals surface area contributed by atoms with Crippen LogP contribution in [0, 0.1) is 0 Å². The van der Waals surface area contributed by atoms with Gasteiger partial charge in [0.15, 0.2) is 0 Å². The predicted molar refractivity (Wildman–Crippen MR) is 42.4 cm³/mol. The first-order valence-corrected chi connectivity index (χ1v) is 3.83. The summed E-state index contributed by atoms with van der Waals surface area (Å²) in [6.07, 6.45) is -4.35. The van der Waals surface area contributed by atoms with Crippen molar-refractivity contribution in [1.82, 2.24) is 10.2 Å². The van der Waals surface area contributed by atoms with Crippen LogP contribution in [0.5, 0.6) is 0 Å². The second kappa shape index (κ2) is 4.34. The van der Waals surface area contributed by atoms with E-state index in [-0.39, 0.29) is 0 Å². The zero-order chi connectivity index (χ0) is 10.6. The average Bonchev–Trinajstić information content (AvgIpc) is 1.96. The molecule has 0 aliphatic carbocycles.